The molecule has 0 spiro atoms. The summed E-state index contributed by atoms with van der Waals surface area (Å²) in [6.07, 6.45) is 0. The highest BCUT2D eigenvalue weighted by Crippen LogP contribution is 2.29. The highest BCUT2D eigenvalue weighted by atomic mass is 35.5. The third-order valence-corrected chi connectivity index (χ3v) is 5.29. The van der Waals surface area contributed by atoms with Gasteiger partial charge in [0.05, 0.1) is 33.0 Å². The molecule has 31 heavy (non-hydrogen) atoms. The Morgan fingerprint density at radius 3 is 2.29 bits per heavy atom. The van der Waals surface area contributed by atoms with Crippen LogP contribution in [0.5, 0.6) is 0 Å². The van der Waals surface area contributed by atoms with E-state index in [4.69, 9.17) is 34.8 Å². The maximum atomic E-state index is 12.9. The molecule has 2 amide bonds. The van der Waals surface area contributed by atoms with E-state index in [0.717, 1.165) is 4.90 Å². The summed E-state index contributed by atoms with van der Waals surface area (Å²) in [5, 5.41) is 7.69. The first-order chi connectivity index (χ1) is 14.7. The van der Waals surface area contributed by atoms with Gasteiger partial charge in [0.25, 0.3) is 5.91 Å². The number of nitrogens with zero attached hydrogens (tertiary/aromatic N) is 3. The fourth-order valence-electron chi connectivity index (χ4n) is 2.83. The molecule has 3 rings (SSSR count). The van der Waals surface area contributed by atoms with Gasteiger partial charge in [-0.2, -0.15) is 5.10 Å². The Balaban J connectivity index is 1.84. The summed E-state index contributed by atoms with van der Waals surface area (Å²) in [7, 11) is 1.39. The number of amides is 2. The van der Waals surface area contributed by atoms with E-state index in [1.54, 1.807) is 49.4 Å². The summed E-state index contributed by atoms with van der Waals surface area (Å²) in [5.41, 5.74) is 0.364. The second kappa shape index (κ2) is 9.51. The first-order valence-corrected chi connectivity index (χ1v) is 10.2. The number of aryl methyl sites for hydroxylation is 1. The number of aromatic nitrogens is 2. The number of carbonyl (C=O) groups excluding carboxylic acids is 2. The predicted molar refractivity (Wildman–Crippen MR) is 122 cm³/mol. The molecular weight excluding hydrogens is 463 g/mol. The lowest BCUT2D eigenvalue weighted by atomic mass is 10.2. The predicted octanol–water partition coefficient (Wildman–Crippen LogP) is 4.21. The van der Waals surface area contributed by atoms with Crippen molar-refractivity contribution in [3.05, 3.63) is 85.2 Å². The van der Waals surface area contributed by atoms with Crippen molar-refractivity contribution < 1.29 is 9.59 Å². The van der Waals surface area contributed by atoms with Crippen molar-refractivity contribution >= 4 is 52.3 Å². The van der Waals surface area contributed by atoms with E-state index < -0.39 is 17.2 Å². The Morgan fingerprint density at radius 1 is 1.03 bits per heavy atom. The third-order valence-electron chi connectivity index (χ3n) is 4.35. The second-order valence-electron chi connectivity index (χ2n) is 6.67. The van der Waals surface area contributed by atoms with Crippen LogP contribution in [-0.2, 0) is 4.79 Å². The molecule has 0 aliphatic rings. The molecule has 2 aromatic carbocycles. The number of rotatable bonds is 5. The number of nitrogens with one attached hydrogen (secondary N) is 1. The zero-order chi connectivity index (χ0) is 22.7. The second-order valence-corrected chi connectivity index (χ2v) is 7.89. The van der Waals surface area contributed by atoms with Crippen LogP contribution in [0, 0.1) is 6.92 Å². The van der Waals surface area contributed by atoms with E-state index in [1.807, 2.05) is 0 Å². The van der Waals surface area contributed by atoms with Gasteiger partial charge in [0.2, 0.25) is 11.3 Å². The Kier molecular flexibility index (Phi) is 7.00. The van der Waals surface area contributed by atoms with Crippen LogP contribution in [-0.4, -0.2) is 40.1 Å². The number of benzene rings is 2. The van der Waals surface area contributed by atoms with E-state index in [1.165, 1.54) is 17.8 Å². The minimum absolute atomic E-state index is 0.242. The smallest absolute Gasteiger partial charge is 0.278 e. The van der Waals surface area contributed by atoms with Crippen LogP contribution in [0.15, 0.2) is 53.3 Å². The summed E-state index contributed by atoms with van der Waals surface area (Å²) < 4.78 is 1.41. The summed E-state index contributed by atoms with van der Waals surface area (Å²) in [6, 6.07) is 13.0. The molecule has 7 nitrogen and oxygen atoms in total. The van der Waals surface area contributed by atoms with Gasteiger partial charge in [0.1, 0.15) is 0 Å². The van der Waals surface area contributed by atoms with Gasteiger partial charge in [0.15, 0.2) is 5.69 Å². The Labute approximate surface area is 193 Å². The van der Waals surface area contributed by atoms with E-state index in [9.17, 15) is 14.4 Å². The van der Waals surface area contributed by atoms with Crippen molar-refractivity contribution in [3.8, 4) is 5.69 Å². The van der Waals surface area contributed by atoms with Gasteiger partial charge < -0.3 is 10.2 Å². The normalized spacial score (nSPS) is 10.6. The molecule has 0 fully saturated rings. The fourth-order valence-corrected chi connectivity index (χ4v) is 3.53. The van der Waals surface area contributed by atoms with Crippen LogP contribution in [0.3, 0.4) is 0 Å². The average Bonchev–Trinajstić information content (AvgIpc) is 2.71. The minimum atomic E-state index is -0.716. The molecule has 0 aliphatic heterocycles. The maximum Gasteiger partial charge on any atom is 0.278 e. The zero-order valence-corrected chi connectivity index (χ0v) is 18.8. The molecule has 0 atom stereocenters. The lowest BCUT2D eigenvalue weighted by Gasteiger charge is -2.18. The summed E-state index contributed by atoms with van der Waals surface area (Å²) >= 11 is 18.3. The molecule has 0 saturated carbocycles. The number of hydrogen-bond donors (Lipinski definition) is 1. The van der Waals surface area contributed by atoms with Crippen LogP contribution in [0.1, 0.15) is 16.2 Å². The highest BCUT2D eigenvalue weighted by Gasteiger charge is 2.22. The summed E-state index contributed by atoms with van der Waals surface area (Å²) in [6.45, 7) is 1.33. The van der Waals surface area contributed by atoms with E-state index in [2.05, 4.69) is 10.4 Å². The van der Waals surface area contributed by atoms with Gasteiger partial charge >= 0.3 is 0 Å². The van der Waals surface area contributed by atoms with E-state index >= 15 is 0 Å². The van der Waals surface area contributed by atoms with Gasteiger partial charge in [-0.1, -0.05) is 53.0 Å². The molecule has 0 radical (unpaired) electrons. The van der Waals surface area contributed by atoms with Crippen LogP contribution < -0.4 is 10.7 Å². The van der Waals surface area contributed by atoms with Crippen LogP contribution in [0.2, 0.25) is 15.1 Å². The topological polar surface area (TPSA) is 84.3 Å². The number of para-hydroxylation sites is 2. The first kappa shape index (κ1) is 22.8. The number of halogens is 3. The number of carbonyl (C=O) groups is 2. The Bertz CT molecular complexity index is 1210. The molecule has 3 aromatic rings. The lowest BCUT2D eigenvalue weighted by molar-refractivity contribution is -0.116. The fraction of sp³-hybridized carbons (Fsp3) is 0.143. The van der Waals surface area contributed by atoms with Crippen LogP contribution in [0.25, 0.3) is 5.69 Å². The van der Waals surface area contributed by atoms with Gasteiger partial charge in [-0.25, -0.2) is 4.68 Å². The van der Waals surface area contributed by atoms with Gasteiger partial charge in [-0.05, 0) is 31.2 Å². The van der Waals surface area contributed by atoms with Crippen LogP contribution in [0.4, 0.5) is 5.69 Å². The first-order valence-electron chi connectivity index (χ1n) is 9.04. The van der Waals surface area contributed by atoms with Crippen molar-refractivity contribution in [2.45, 2.75) is 6.92 Å². The van der Waals surface area contributed by atoms with E-state index in [0.29, 0.717) is 16.4 Å². The van der Waals surface area contributed by atoms with Crippen molar-refractivity contribution in [2.75, 3.05) is 18.9 Å². The summed E-state index contributed by atoms with van der Waals surface area (Å²) in [5.74, 6) is -1.25. The molecule has 10 heteroatoms. The molecule has 0 unspecified atom stereocenters. The standard InChI is InChI=1S/C21H17Cl3N4O3/c1-12-10-17(29)20(26-28(12)16-9-4-3-6-13(16)22)21(31)27(2)11-18(30)25-19-14(23)7-5-8-15(19)24/h3-10H,11H2,1-2H3,(H,25,30). The molecule has 160 valence electrons. The number of hydrogen-bond acceptors (Lipinski definition) is 4. The molecule has 1 aromatic heterocycles. The highest BCUT2D eigenvalue weighted by molar-refractivity contribution is 6.39. The van der Waals surface area contributed by atoms with Gasteiger partial charge in [-0.15, -0.1) is 0 Å². The largest absolute Gasteiger partial charge is 0.331 e. The van der Waals surface area contributed by atoms with Crippen molar-refractivity contribution in [1.82, 2.24) is 14.7 Å². The van der Waals surface area contributed by atoms with Gasteiger partial charge in [-0.3, -0.25) is 14.4 Å². The average molecular weight is 480 g/mol. The molecule has 0 bridgehead atoms. The molecule has 0 aliphatic carbocycles. The molecule has 1 heterocycles. The molecule has 1 N–H and O–H groups in total. The Hall–Kier alpha value is -2.87. The van der Waals surface area contributed by atoms with Crippen LogP contribution >= 0.6 is 34.8 Å². The van der Waals surface area contributed by atoms with Crippen molar-refractivity contribution in [2.24, 2.45) is 0 Å². The zero-order valence-electron chi connectivity index (χ0n) is 16.5. The minimum Gasteiger partial charge on any atom is -0.331 e. The lowest BCUT2D eigenvalue weighted by Crippen LogP contribution is -2.38. The third kappa shape index (κ3) is 5.07. The van der Waals surface area contributed by atoms with E-state index in [-0.39, 0.29) is 28.0 Å². The number of likely N-dealkylation sites (N-methyl/N-ethyl adjacent to an activating group) is 1. The summed E-state index contributed by atoms with van der Waals surface area (Å²) in [4.78, 5) is 38.8. The van der Waals surface area contributed by atoms with Gasteiger partial charge in [0, 0.05) is 18.8 Å². The molecular formula is C21H17Cl3N4O3. The quantitative estimate of drug-likeness (QED) is 0.594. The van der Waals surface area contributed by atoms with Crippen molar-refractivity contribution in [3.63, 3.8) is 0 Å². The SMILES string of the molecule is Cc1cc(=O)c(C(=O)N(C)CC(=O)Nc2c(Cl)cccc2Cl)nn1-c1ccccc1Cl. The molecule has 0 saturated heterocycles. The number of anilines is 1. The maximum absolute atomic E-state index is 12.9. The van der Waals surface area contributed by atoms with Crippen molar-refractivity contribution in [1.29, 1.82) is 0 Å². The Morgan fingerprint density at radius 2 is 1.65 bits per heavy atom. The monoisotopic (exact) mass is 478 g/mol.